The van der Waals surface area contributed by atoms with Crippen LogP contribution in [0.4, 0.5) is 11.8 Å². The average molecular weight is 237 g/mol. The summed E-state index contributed by atoms with van der Waals surface area (Å²) in [6, 6.07) is 0. The van der Waals surface area contributed by atoms with Gasteiger partial charge in [0.2, 0.25) is 5.95 Å². The minimum Gasteiger partial charge on any atom is -0.384 e. The zero-order valence-electron chi connectivity index (χ0n) is 10.3. The molecule has 1 aliphatic rings. The molecule has 1 aromatic rings. The second kappa shape index (κ2) is 5.29. The van der Waals surface area contributed by atoms with Crippen LogP contribution in [0.25, 0.3) is 0 Å². The number of aryl methyl sites for hydroxylation is 1. The number of aromatic nitrogens is 2. The van der Waals surface area contributed by atoms with Crippen molar-refractivity contribution < 1.29 is 4.74 Å². The van der Waals surface area contributed by atoms with E-state index in [1.807, 2.05) is 6.92 Å². The van der Waals surface area contributed by atoms with E-state index in [0.717, 1.165) is 37.5 Å². The normalized spacial score (nSPS) is 19.7. The van der Waals surface area contributed by atoms with Crippen LogP contribution in [0.1, 0.15) is 12.0 Å². The molecule has 6 heteroatoms. The van der Waals surface area contributed by atoms with E-state index in [1.165, 1.54) is 0 Å². The molecule has 0 bridgehead atoms. The summed E-state index contributed by atoms with van der Waals surface area (Å²) < 4.78 is 5.19. The van der Waals surface area contributed by atoms with Crippen LogP contribution in [0.15, 0.2) is 6.20 Å². The van der Waals surface area contributed by atoms with Gasteiger partial charge in [0.25, 0.3) is 0 Å². The molecule has 0 spiro atoms. The number of nitrogens with two attached hydrogens (primary N) is 1. The van der Waals surface area contributed by atoms with Crippen LogP contribution in [0.3, 0.4) is 0 Å². The lowest BCUT2D eigenvalue weighted by Crippen LogP contribution is -2.24. The van der Waals surface area contributed by atoms with Crippen molar-refractivity contribution in [1.82, 2.24) is 9.97 Å². The number of hydrogen-bond acceptors (Lipinski definition) is 6. The molecule has 0 amide bonds. The van der Waals surface area contributed by atoms with E-state index < -0.39 is 0 Å². The highest BCUT2D eigenvalue weighted by molar-refractivity contribution is 5.49. The van der Waals surface area contributed by atoms with Gasteiger partial charge in [0.05, 0.1) is 6.61 Å². The summed E-state index contributed by atoms with van der Waals surface area (Å²) >= 11 is 0. The Morgan fingerprint density at radius 2 is 2.47 bits per heavy atom. The first-order chi connectivity index (χ1) is 8.24. The molecule has 2 rings (SSSR count). The van der Waals surface area contributed by atoms with Gasteiger partial charge in [-0.2, -0.15) is 4.98 Å². The quantitative estimate of drug-likeness (QED) is 0.588. The highest BCUT2D eigenvalue weighted by Crippen LogP contribution is 2.25. The Bertz CT molecular complexity index is 384. The van der Waals surface area contributed by atoms with Gasteiger partial charge in [0.1, 0.15) is 5.82 Å². The first kappa shape index (κ1) is 12.1. The van der Waals surface area contributed by atoms with Gasteiger partial charge in [-0.15, -0.1) is 0 Å². The smallest absolute Gasteiger partial charge is 0.239 e. The Morgan fingerprint density at radius 3 is 3.18 bits per heavy atom. The summed E-state index contributed by atoms with van der Waals surface area (Å²) in [5.41, 5.74) is 3.55. The van der Waals surface area contributed by atoms with Crippen molar-refractivity contribution in [2.24, 2.45) is 11.8 Å². The predicted octanol–water partition coefficient (Wildman–Crippen LogP) is 0.543. The van der Waals surface area contributed by atoms with Crippen molar-refractivity contribution in [3.63, 3.8) is 0 Å². The topological polar surface area (TPSA) is 76.3 Å². The van der Waals surface area contributed by atoms with E-state index in [0.29, 0.717) is 11.9 Å². The third-order valence-corrected chi connectivity index (χ3v) is 3.06. The third kappa shape index (κ3) is 2.65. The molecular formula is C11H19N5O. The zero-order valence-corrected chi connectivity index (χ0v) is 10.3. The van der Waals surface area contributed by atoms with Crippen LogP contribution < -0.4 is 16.2 Å². The van der Waals surface area contributed by atoms with Gasteiger partial charge < -0.3 is 9.64 Å². The average Bonchev–Trinajstić information content (AvgIpc) is 2.79. The summed E-state index contributed by atoms with van der Waals surface area (Å²) in [4.78, 5) is 10.8. The zero-order chi connectivity index (χ0) is 12.3. The van der Waals surface area contributed by atoms with Crippen molar-refractivity contribution in [3.8, 4) is 0 Å². The minimum absolute atomic E-state index is 0.459. The maximum absolute atomic E-state index is 5.33. The number of ether oxygens (including phenoxy) is 1. The molecule has 17 heavy (non-hydrogen) atoms. The van der Waals surface area contributed by atoms with Crippen LogP contribution in [-0.2, 0) is 4.74 Å². The van der Waals surface area contributed by atoms with Crippen LogP contribution in [0, 0.1) is 12.8 Å². The van der Waals surface area contributed by atoms with Crippen molar-refractivity contribution in [1.29, 1.82) is 0 Å². The first-order valence-corrected chi connectivity index (χ1v) is 5.78. The van der Waals surface area contributed by atoms with Gasteiger partial charge in [0, 0.05) is 37.9 Å². The second-order valence-corrected chi connectivity index (χ2v) is 4.40. The lowest BCUT2D eigenvalue weighted by atomic mass is 10.1. The molecule has 0 radical (unpaired) electrons. The van der Waals surface area contributed by atoms with E-state index in [-0.39, 0.29) is 0 Å². The molecule has 3 N–H and O–H groups in total. The molecule has 1 fully saturated rings. The molecule has 1 unspecified atom stereocenters. The van der Waals surface area contributed by atoms with Gasteiger partial charge in [0.15, 0.2) is 0 Å². The number of anilines is 2. The molecule has 1 aromatic heterocycles. The lowest BCUT2D eigenvalue weighted by molar-refractivity contribution is 0.161. The Kier molecular flexibility index (Phi) is 3.75. The number of nitrogens with one attached hydrogen (secondary N) is 1. The highest BCUT2D eigenvalue weighted by Gasteiger charge is 2.24. The summed E-state index contributed by atoms with van der Waals surface area (Å²) in [6.45, 7) is 4.81. The Hall–Kier alpha value is -1.40. The van der Waals surface area contributed by atoms with E-state index in [2.05, 4.69) is 20.3 Å². The van der Waals surface area contributed by atoms with Gasteiger partial charge in [-0.1, -0.05) is 0 Å². The van der Waals surface area contributed by atoms with Crippen LogP contribution in [-0.4, -0.2) is 36.8 Å². The number of nitrogens with zero attached hydrogens (tertiary/aromatic N) is 3. The lowest BCUT2D eigenvalue weighted by Gasteiger charge is -2.19. The van der Waals surface area contributed by atoms with Crippen LogP contribution >= 0.6 is 0 Å². The van der Waals surface area contributed by atoms with Crippen LogP contribution in [0.2, 0.25) is 0 Å². The molecule has 1 atom stereocenters. The van der Waals surface area contributed by atoms with E-state index in [9.17, 15) is 0 Å². The maximum Gasteiger partial charge on any atom is 0.239 e. The number of rotatable bonds is 4. The van der Waals surface area contributed by atoms with Gasteiger partial charge in [-0.25, -0.2) is 10.8 Å². The number of hydrogen-bond donors (Lipinski definition) is 2. The monoisotopic (exact) mass is 237 g/mol. The molecule has 94 valence electrons. The van der Waals surface area contributed by atoms with Gasteiger partial charge >= 0.3 is 0 Å². The van der Waals surface area contributed by atoms with Gasteiger partial charge in [-0.3, -0.25) is 5.43 Å². The molecule has 1 aliphatic heterocycles. The third-order valence-electron chi connectivity index (χ3n) is 3.06. The summed E-state index contributed by atoms with van der Waals surface area (Å²) in [6.07, 6.45) is 2.93. The fourth-order valence-electron chi connectivity index (χ4n) is 2.22. The SMILES string of the molecule is COCC1CCN(c2nc(NN)ncc2C)C1. The number of hydrazine groups is 1. The molecule has 2 heterocycles. The molecular weight excluding hydrogens is 218 g/mol. The van der Waals surface area contributed by atoms with Crippen molar-refractivity contribution >= 4 is 11.8 Å². The number of nitrogen functional groups attached to an aromatic ring is 1. The molecule has 1 saturated heterocycles. The standard InChI is InChI=1S/C11H19N5O/c1-8-5-13-11(15-12)14-10(8)16-4-3-9(6-16)7-17-2/h5,9H,3-4,6-7,12H2,1-2H3,(H,13,14,15). The fraction of sp³-hybridized carbons (Fsp3) is 0.636. The Labute approximate surface area is 101 Å². The van der Waals surface area contributed by atoms with Crippen molar-refractivity contribution in [3.05, 3.63) is 11.8 Å². The Balaban J connectivity index is 2.12. The van der Waals surface area contributed by atoms with E-state index in [4.69, 9.17) is 10.6 Å². The second-order valence-electron chi connectivity index (χ2n) is 4.40. The van der Waals surface area contributed by atoms with E-state index in [1.54, 1.807) is 13.3 Å². The largest absolute Gasteiger partial charge is 0.384 e. The summed E-state index contributed by atoms with van der Waals surface area (Å²) in [7, 11) is 1.75. The number of methoxy groups -OCH3 is 1. The summed E-state index contributed by atoms with van der Waals surface area (Å²) in [5.74, 6) is 7.34. The van der Waals surface area contributed by atoms with Crippen molar-refractivity contribution in [2.45, 2.75) is 13.3 Å². The fourth-order valence-corrected chi connectivity index (χ4v) is 2.22. The summed E-state index contributed by atoms with van der Waals surface area (Å²) in [5, 5.41) is 0. The molecule has 6 nitrogen and oxygen atoms in total. The van der Waals surface area contributed by atoms with Gasteiger partial charge in [-0.05, 0) is 13.3 Å². The minimum atomic E-state index is 0.459. The maximum atomic E-state index is 5.33. The first-order valence-electron chi connectivity index (χ1n) is 5.78. The molecule has 0 saturated carbocycles. The predicted molar refractivity (Wildman–Crippen MR) is 66.8 cm³/mol. The molecule has 0 aromatic carbocycles. The highest BCUT2D eigenvalue weighted by atomic mass is 16.5. The van der Waals surface area contributed by atoms with Crippen molar-refractivity contribution in [2.75, 3.05) is 37.1 Å². The van der Waals surface area contributed by atoms with E-state index >= 15 is 0 Å². The Morgan fingerprint density at radius 1 is 1.65 bits per heavy atom. The molecule has 0 aliphatic carbocycles. The van der Waals surface area contributed by atoms with Crippen LogP contribution in [0.5, 0.6) is 0 Å².